The van der Waals surface area contributed by atoms with Crippen LogP contribution in [0.25, 0.3) is 11.5 Å². The second-order valence-corrected chi connectivity index (χ2v) is 6.79. The van der Waals surface area contributed by atoms with Crippen LogP contribution in [-0.2, 0) is 4.79 Å². The number of ether oxygens (including phenoxy) is 1. The minimum Gasteiger partial charge on any atom is -0.497 e. The van der Waals surface area contributed by atoms with Crippen molar-refractivity contribution in [1.29, 1.82) is 0 Å². The maximum absolute atomic E-state index is 12.0. The van der Waals surface area contributed by atoms with Crippen molar-refractivity contribution in [3.8, 4) is 17.2 Å². The van der Waals surface area contributed by atoms with Crippen LogP contribution >= 0.6 is 11.8 Å². The monoisotopic (exact) mass is 335 g/mol. The summed E-state index contributed by atoms with van der Waals surface area (Å²) in [6.45, 7) is 6.58. The van der Waals surface area contributed by atoms with Crippen LogP contribution in [0, 0.1) is 5.92 Å². The zero-order valence-corrected chi connectivity index (χ0v) is 14.5. The molecule has 0 aliphatic carbocycles. The normalized spacial score (nSPS) is 12.2. The number of rotatable bonds is 7. The smallest absolute Gasteiger partial charge is 0.277 e. The number of hydrogen-bond donors (Lipinski definition) is 1. The summed E-state index contributed by atoms with van der Waals surface area (Å²) in [5, 5.41) is 11.0. The van der Waals surface area contributed by atoms with Crippen LogP contribution in [0.2, 0.25) is 0 Å². The van der Waals surface area contributed by atoms with Gasteiger partial charge in [0.15, 0.2) is 0 Å². The predicted molar refractivity (Wildman–Crippen MR) is 89.5 cm³/mol. The van der Waals surface area contributed by atoms with E-state index < -0.39 is 0 Å². The predicted octanol–water partition coefficient (Wildman–Crippen LogP) is 3.00. The molecule has 1 amide bonds. The Hall–Kier alpha value is -2.02. The minimum absolute atomic E-state index is 0.0344. The second-order valence-electron chi connectivity index (χ2n) is 5.50. The standard InChI is InChI=1S/C16H21N3O3S/c1-10(2)9-17-14(20)11(3)23-16-19-18-15(22-16)12-5-7-13(21-4)8-6-12/h5-8,10-11H,9H2,1-4H3,(H,17,20). The first-order chi connectivity index (χ1) is 11.0. The fourth-order valence-corrected chi connectivity index (χ4v) is 2.47. The third-order valence-corrected chi connectivity index (χ3v) is 4.01. The highest BCUT2D eigenvalue weighted by Gasteiger charge is 2.18. The fourth-order valence-electron chi connectivity index (χ4n) is 1.76. The molecule has 0 bridgehead atoms. The fraction of sp³-hybridized carbons (Fsp3) is 0.438. The molecule has 1 heterocycles. The first kappa shape index (κ1) is 17.3. The number of methoxy groups -OCH3 is 1. The average molecular weight is 335 g/mol. The molecule has 0 fully saturated rings. The summed E-state index contributed by atoms with van der Waals surface area (Å²) in [6, 6.07) is 7.35. The summed E-state index contributed by atoms with van der Waals surface area (Å²) in [4.78, 5) is 12.0. The van der Waals surface area contributed by atoms with Crippen LogP contribution in [0.5, 0.6) is 5.75 Å². The molecule has 0 aliphatic heterocycles. The summed E-state index contributed by atoms with van der Waals surface area (Å²) in [5.74, 6) is 1.57. The van der Waals surface area contributed by atoms with Crippen molar-refractivity contribution in [3.05, 3.63) is 24.3 Å². The van der Waals surface area contributed by atoms with E-state index in [9.17, 15) is 4.79 Å². The summed E-state index contributed by atoms with van der Waals surface area (Å²) in [5.41, 5.74) is 0.807. The van der Waals surface area contributed by atoms with E-state index in [1.807, 2.05) is 31.2 Å². The quantitative estimate of drug-likeness (QED) is 0.784. The van der Waals surface area contributed by atoms with Crippen molar-refractivity contribution in [2.24, 2.45) is 5.92 Å². The lowest BCUT2D eigenvalue weighted by Crippen LogP contribution is -2.33. The highest BCUT2D eigenvalue weighted by Crippen LogP contribution is 2.27. The van der Waals surface area contributed by atoms with Gasteiger partial charge in [-0.05, 0) is 37.1 Å². The van der Waals surface area contributed by atoms with Gasteiger partial charge in [-0.25, -0.2) is 0 Å². The minimum atomic E-state index is -0.294. The molecule has 7 heteroatoms. The van der Waals surface area contributed by atoms with Crippen LogP contribution in [0.1, 0.15) is 20.8 Å². The van der Waals surface area contributed by atoms with Gasteiger partial charge >= 0.3 is 0 Å². The van der Waals surface area contributed by atoms with Gasteiger partial charge in [-0.2, -0.15) is 0 Å². The van der Waals surface area contributed by atoms with Crippen LogP contribution in [0.3, 0.4) is 0 Å². The maximum Gasteiger partial charge on any atom is 0.277 e. The highest BCUT2D eigenvalue weighted by atomic mass is 32.2. The maximum atomic E-state index is 12.0. The van der Waals surface area contributed by atoms with Crippen molar-refractivity contribution >= 4 is 17.7 Å². The average Bonchev–Trinajstić information content (AvgIpc) is 3.01. The topological polar surface area (TPSA) is 77.2 Å². The number of thioether (sulfide) groups is 1. The summed E-state index contributed by atoms with van der Waals surface area (Å²) >= 11 is 1.25. The van der Waals surface area contributed by atoms with Crippen LogP contribution < -0.4 is 10.1 Å². The van der Waals surface area contributed by atoms with Gasteiger partial charge in [-0.3, -0.25) is 4.79 Å². The van der Waals surface area contributed by atoms with Gasteiger partial charge in [0.25, 0.3) is 5.22 Å². The number of nitrogens with one attached hydrogen (secondary N) is 1. The molecule has 0 saturated heterocycles. The number of nitrogens with zero attached hydrogens (tertiary/aromatic N) is 2. The Bertz CT molecular complexity index is 640. The first-order valence-corrected chi connectivity index (χ1v) is 8.30. The molecule has 0 radical (unpaired) electrons. The van der Waals surface area contributed by atoms with E-state index in [2.05, 4.69) is 29.4 Å². The van der Waals surface area contributed by atoms with E-state index in [0.29, 0.717) is 23.6 Å². The third-order valence-electron chi connectivity index (χ3n) is 3.07. The molecule has 1 aromatic heterocycles. The summed E-state index contributed by atoms with van der Waals surface area (Å²) in [7, 11) is 1.61. The molecule has 0 aliphatic rings. The Morgan fingerprint density at radius 2 is 1.96 bits per heavy atom. The van der Waals surface area contributed by atoms with E-state index in [1.54, 1.807) is 7.11 Å². The van der Waals surface area contributed by atoms with Gasteiger partial charge < -0.3 is 14.5 Å². The van der Waals surface area contributed by atoms with Gasteiger partial charge in [-0.1, -0.05) is 25.6 Å². The molecular weight excluding hydrogens is 314 g/mol. The molecule has 2 aromatic rings. The van der Waals surface area contributed by atoms with E-state index in [4.69, 9.17) is 9.15 Å². The number of benzene rings is 1. The van der Waals surface area contributed by atoms with Gasteiger partial charge in [0.1, 0.15) is 5.75 Å². The van der Waals surface area contributed by atoms with Crippen molar-refractivity contribution < 1.29 is 13.9 Å². The van der Waals surface area contributed by atoms with Crippen LogP contribution in [0.15, 0.2) is 33.9 Å². The van der Waals surface area contributed by atoms with Crippen molar-refractivity contribution in [3.63, 3.8) is 0 Å². The van der Waals surface area contributed by atoms with Crippen LogP contribution in [-0.4, -0.2) is 35.0 Å². The number of carbonyl (C=O) groups excluding carboxylic acids is 1. The second kappa shape index (κ2) is 8.01. The Morgan fingerprint density at radius 3 is 2.57 bits per heavy atom. The van der Waals surface area contributed by atoms with E-state index >= 15 is 0 Å². The lowest BCUT2D eigenvalue weighted by Gasteiger charge is -2.11. The largest absolute Gasteiger partial charge is 0.497 e. The SMILES string of the molecule is COc1ccc(-c2nnc(SC(C)C(=O)NCC(C)C)o2)cc1. The first-order valence-electron chi connectivity index (χ1n) is 7.42. The number of carbonyl (C=O) groups is 1. The Morgan fingerprint density at radius 1 is 1.26 bits per heavy atom. The zero-order chi connectivity index (χ0) is 16.8. The van der Waals surface area contributed by atoms with Crippen molar-refractivity contribution in [2.45, 2.75) is 31.2 Å². The van der Waals surface area contributed by atoms with Crippen molar-refractivity contribution in [1.82, 2.24) is 15.5 Å². The van der Waals surface area contributed by atoms with E-state index in [1.165, 1.54) is 11.8 Å². The molecule has 1 aromatic carbocycles. The van der Waals surface area contributed by atoms with Gasteiger partial charge in [0.05, 0.1) is 12.4 Å². The van der Waals surface area contributed by atoms with Gasteiger partial charge in [0.2, 0.25) is 11.8 Å². The van der Waals surface area contributed by atoms with Gasteiger partial charge in [0, 0.05) is 12.1 Å². The Balaban J connectivity index is 1.97. The molecule has 124 valence electrons. The third kappa shape index (κ3) is 4.99. The molecule has 0 saturated carbocycles. The zero-order valence-electron chi connectivity index (χ0n) is 13.7. The van der Waals surface area contributed by atoms with Crippen LogP contribution in [0.4, 0.5) is 0 Å². The van der Waals surface area contributed by atoms with E-state index in [0.717, 1.165) is 11.3 Å². The molecule has 2 rings (SSSR count). The van der Waals surface area contributed by atoms with Crippen molar-refractivity contribution in [2.75, 3.05) is 13.7 Å². The molecule has 1 N–H and O–H groups in total. The molecule has 1 atom stereocenters. The van der Waals surface area contributed by atoms with Gasteiger partial charge in [-0.15, -0.1) is 10.2 Å². The highest BCUT2D eigenvalue weighted by molar-refractivity contribution is 8.00. The number of amides is 1. The lowest BCUT2D eigenvalue weighted by molar-refractivity contribution is -0.120. The Kier molecular flexibility index (Phi) is 6.04. The summed E-state index contributed by atoms with van der Waals surface area (Å²) < 4.78 is 10.7. The molecule has 6 nitrogen and oxygen atoms in total. The lowest BCUT2D eigenvalue weighted by atomic mass is 10.2. The number of hydrogen-bond acceptors (Lipinski definition) is 6. The van der Waals surface area contributed by atoms with E-state index in [-0.39, 0.29) is 11.2 Å². The molecule has 1 unspecified atom stereocenters. The molecule has 23 heavy (non-hydrogen) atoms. The Labute approximate surface area is 140 Å². The summed E-state index contributed by atoms with van der Waals surface area (Å²) in [6.07, 6.45) is 0. The molecule has 0 spiro atoms. The number of aromatic nitrogens is 2. The molecular formula is C16H21N3O3S.